The van der Waals surface area contributed by atoms with Gasteiger partial charge in [0.15, 0.2) is 0 Å². The molecular weight excluding hydrogens is 241 g/mol. The molecule has 0 unspecified atom stereocenters. The van der Waals surface area contributed by atoms with Crippen LogP contribution in [0.2, 0.25) is 0 Å². The quantitative estimate of drug-likeness (QED) is 0.644. The van der Waals surface area contributed by atoms with Gasteiger partial charge in [-0.3, -0.25) is 0 Å². The third kappa shape index (κ3) is 17.0. The summed E-state index contributed by atoms with van der Waals surface area (Å²) in [6, 6.07) is 0. The van der Waals surface area contributed by atoms with Gasteiger partial charge < -0.3 is 4.90 Å². The Morgan fingerprint density at radius 1 is 0.688 bits per heavy atom. The monoisotopic (exact) mass is 269 g/mol. The first-order valence-corrected chi connectivity index (χ1v) is 7.67. The number of nitrogens with zero attached hydrogens (tertiary/aromatic N) is 1. The SMILES string of the molecule is C1CCCCC1.CCN(CC)CC.ClCCl. The van der Waals surface area contributed by atoms with Gasteiger partial charge in [0, 0.05) is 0 Å². The van der Waals surface area contributed by atoms with Gasteiger partial charge in [-0.15, -0.1) is 23.2 Å². The van der Waals surface area contributed by atoms with E-state index in [1.807, 2.05) is 0 Å². The van der Waals surface area contributed by atoms with Crippen molar-refractivity contribution in [1.82, 2.24) is 4.90 Å². The average molecular weight is 270 g/mol. The van der Waals surface area contributed by atoms with E-state index in [-0.39, 0.29) is 5.34 Å². The van der Waals surface area contributed by atoms with Gasteiger partial charge in [-0.05, 0) is 19.6 Å². The standard InChI is InChI=1S/C6H15N.C6H12.CH2Cl2/c1-4-7(5-2)6-3;1-2-4-6-5-3-1;2-1-3/h4-6H2,1-3H3;1-6H2;1H2. The zero-order valence-electron chi connectivity index (χ0n) is 11.3. The van der Waals surface area contributed by atoms with Crippen LogP contribution in [0.3, 0.4) is 0 Å². The fourth-order valence-corrected chi connectivity index (χ4v) is 1.73. The van der Waals surface area contributed by atoms with Gasteiger partial charge in [-0.1, -0.05) is 59.3 Å². The van der Waals surface area contributed by atoms with Crippen LogP contribution in [0.25, 0.3) is 0 Å². The molecule has 0 aromatic rings. The molecule has 1 aliphatic rings. The Balaban J connectivity index is 0. The summed E-state index contributed by atoms with van der Waals surface area (Å²) < 4.78 is 0. The molecule has 0 saturated heterocycles. The van der Waals surface area contributed by atoms with Gasteiger partial charge in [-0.25, -0.2) is 0 Å². The van der Waals surface area contributed by atoms with E-state index in [1.165, 1.54) is 58.2 Å². The molecule has 1 nitrogen and oxygen atoms in total. The predicted molar refractivity (Wildman–Crippen MR) is 77.7 cm³/mol. The maximum Gasteiger partial charge on any atom is 0.0967 e. The van der Waals surface area contributed by atoms with Crippen molar-refractivity contribution in [3.8, 4) is 0 Å². The van der Waals surface area contributed by atoms with E-state index in [4.69, 9.17) is 23.2 Å². The molecule has 0 spiro atoms. The molecule has 0 aromatic carbocycles. The number of rotatable bonds is 3. The van der Waals surface area contributed by atoms with Crippen LogP contribution in [0.15, 0.2) is 0 Å². The molecule has 0 atom stereocenters. The van der Waals surface area contributed by atoms with E-state index in [9.17, 15) is 0 Å². The minimum atomic E-state index is 0.194. The summed E-state index contributed by atoms with van der Waals surface area (Å²) >= 11 is 9.53. The Kier molecular flexibility index (Phi) is 21.2. The second kappa shape index (κ2) is 17.9. The van der Waals surface area contributed by atoms with Crippen molar-refractivity contribution in [2.45, 2.75) is 59.3 Å². The number of halogens is 2. The Morgan fingerprint density at radius 3 is 0.938 bits per heavy atom. The molecule has 1 aliphatic carbocycles. The first-order valence-electron chi connectivity index (χ1n) is 6.60. The summed E-state index contributed by atoms with van der Waals surface area (Å²) in [5.74, 6) is 0. The molecular formula is C13H29Cl2N. The largest absolute Gasteiger partial charge is 0.304 e. The summed E-state index contributed by atoms with van der Waals surface area (Å²) in [5, 5.41) is 0.194. The third-order valence-electron chi connectivity index (χ3n) is 2.84. The molecule has 0 aromatic heterocycles. The molecule has 0 amide bonds. The van der Waals surface area contributed by atoms with Crippen molar-refractivity contribution in [1.29, 1.82) is 0 Å². The van der Waals surface area contributed by atoms with Crippen molar-refractivity contribution in [3.05, 3.63) is 0 Å². The topological polar surface area (TPSA) is 3.24 Å². The third-order valence-corrected chi connectivity index (χ3v) is 2.84. The van der Waals surface area contributed by atoms with Crippen LogP contribution in [-0.2, 0) is 0 Å². The fraction of sp³-hybridized carbons (Fsp3) is 1.00. The molecule has 0 N–H and O–H groups in total. The van der Waals surface area contributed by atoms with Crippen molar-refractivity contribution in [2.24, 2.45) is 0 Å². The van der Waals surface area contributed by atoms with Crippen LogP contribution < -0.4 is 0 Å². The minimum absolute atomic E-state index is 0.194. The zero-order chi connectivity index (χ0) is 12.6. The highest BCUT2D eigenvalue weighted by Crippen LogP contribution is 2.15. The number of hydrogen-bond acceptors (Lipinski definition) is 1. The van der Waals surface area contributed by atoms with Crippen molar-refractivity contribution >= 4 is 23.2 Å². The van der Waals surface area contributed by atoms with Crippen LogP contribution in [0.4, 0.5) is 0 Å². The van der Waals surface area contributed by atoms with Crippen LogP contribution in [0.1, 0.15) is 59.3 Å². The molecule has 100 valence electrons. The van der Waals surface area contributed by atoms with Gasteiger partial charge in [-0.2, -0.15) is 0 Å². The van der Waals surface area contributed by atoms with Crippen molar-refractivity contribution in [2.75, 3.05) is 25.0 Å². The van der Waals surface area contributed by atoms with Gasteiger partial charge >= 0.3 is 0 Å². The van der Waals surface area contributed by atoms with Crippen LogP contribution >= 0.6 is 23.2 Å². The van der Waals surface area contributed by atoms with Crippen molar-refractivity contribution in [3.63, 3.8) is 0 Å². The molecule has 0 bridgehead atoms. The van der Waals surface area contributed by atoms with Crippen LogP contribution in [-0.4, -0.2) is 29.9 Å². The Morgan fingerprint density at radius 2 is 0.875 bits per heavy atom. The number of alkyl halides is 2. The van der Waals surface area contributed by atoms with E-state index in [0.717, 1.165) is 0 Å². The highest BCUT2D eigenvalue weighted by atomic mass is 35.5. The Bertz CT molecular complexity index is 85.1. The van der Waals surface area contributed by atoms with Gasteiger partial charge in [0.2, 0.25) is 0 Å². The lowest BCUT2D eigenvalue weighted by atomic mass is 10.0. The smallest absolute Gasteiger partial charge is 0.0967 e. The molecule has 1 saturated carbocycles. The van der Waals surface area contributed by atoms with Crippen LogP contribution in [0.5, 0.6) is 0 Å². The zero-order valence-corrected chi connectivity index (χ0v) is 12.8. The number of hydrogen-bond donors (Lipinski definition) is 0. The summed E-state index contributed by atoms with van der Waals surface area (Å²) in [4.78, 5) is 2.38. The maximum atomic E-state index is 4.76. The lowest BCUT2D eigenvalue weighted by Gasteiger charge is -2.13. The Labute approximate surface area is 112 Å². The normalized spacial score (nSPS) is 14.6. The molecule has 3 heteroatoms. The van der Waals surface area contributed by atoms with E-state index in [0.29, 0.717) is 0 Å². The van der Waals surface area contributed by atoms with Gasteiger partial charge in [0.1, 0.15) is 0 Å². The second-order valence-corrected chi connectivity index (χ2v) is 4.65. The van der Waals surface area contributed by atoms with E-state index in [1.54, 1.807) is 0 Å². The highest BCUT2D eigenvalue weighted by Gasteiger charge is 1.95. The first kappa shape index (κ1) is 18.9. The lowest BCUT2D eigenvalue weighted by molar-refractivity contribution is 0.321. The minimum Gasteiger partial charge on any atom is -0.304 e. The fourth-order valence-electron chi connectivity index (χ4n) is 1.73. The maximum absolute atomic E-state index is 4.76. The lowest BCUT2D eigenvalue weighted by Crippen LogP contribution is -2.21. The summed E-state index contributed by atoms with van der Waals surface area (Å²) in [5.41, 5.74) is 0. The molecule has 16 heavy (non-hydrogen) atoms. The van der Waals surface area contributed by atoms with Gasteiger partial charge in [0.05, 0.1) is 5.34 Å². The highest BCUT2D eigenvalue weighted by molar-refractivity contribution is 6.40. The summed E-state index contributed by atoms with van der Waals surface area (Å²) in [7, 11) is 0. The average Bonchev–Trinajstić information content (AvgIpc) is 2.35. The van der Waals surface area contributed by atoms with Crippen LogP contribution in [0, 0.1) is 0 Å². The molecule has 0 heterocycles. The molecule has 0 radical (unpaired) electrons. The summed E-state index contributed by atoms with van der Waals surface area (Å²) in [6.45, 7) is 10.1. The molecule has 1 rings (SSSR count). The second-order valence-electron chi connectivity index (χ2n) is 3.84. The van der Waals surface area contributed by atoms with E-state index in [2.05, 4.69) is 25.7 Å². The summed E-state index contributed by atoms with van der Waals surface area (Å²) in [6.07, 6.45) is 9.00. The Hall–Kier alpha value is 0.540. The molecule has 1 fully saturated rings. The van der Waals surface area contributed by atoms with Gasteiger partial charge in [0.25, 0.3) is 0 Å². The molecule has 0 aliphatic heterocycles. The first-order chi connectivity index (χ1) is 7.76. The van der Waals surface area contributed by atoms with E-state index < -0.39 is 0 Å². The van der Waals surface area contributed by atoms with E-state index >= 15 is 0 Å². The van der Waals surface area contributed by atoms with Crippen molar-refractivity contribution < 1.29 is 0 Å². The predicted octanol–water partition coefficient (Wildman–Crippen LogP) is 5.11.